The number of aromatic nitrogens is 1. The van der Waals surface area contributed by atoms with Gasteiger partial charge in [0.1, 0.15) is 5.75 Å². The molecule has 0 radical (unpaired) electrons. The minimum absolute atomic E-state index is 0.602. The molecule has 0 aliphatic rings. The zero-order chi connectivity index (χ0) is 12.3. The van der Waals surface area contributed by atoms with E-state index >= 15 is 0 Å². The largest absolute Gasteiger partial charge is 0.492 e. The van der Waals surface area contributed by atoms with Gasteiger partial charge in [-0.15, -0.1) is 0 Å². The van der Waals surface area contributed by atoms with Crippen LogP contribution >= 0.6 is 27.5 Å². The Morgan fingerprint density at radius 2 is 2.29 bits per heavy atom. The Labute approximate surface area is 113 Å². The summed E-state index contributed by atoms with van der Waals surface area (Å²) in [6.45, 7) is 2.70. The number of benzene rings is 1. The van der Waals surface area contributed by atoms with Crippen LogP contribution in [0.4, 0.5) is 0 Å². The zero-order valence-electron chi connectivity index (χ0n) is 9.50. The minimum Gasteiger partial charge on any atom is -0.492 e. The van der Waals surface area contributed by atoms with E-state index in [0.717, 1.165) is 34.8 Å². The predicted octanol–water partition coefficient (Wildman–Crippen LogP) is 4.21. The highest BCUT2D eigenvalue weighted by Gasteiger charge is 2.12. The van der Waals surface area contributed by atoms with Crippen molar-refractivity contribution < 1.29 is 9.26 Å². The lowest BCUT2D eigenvalue weighted by molar-refractivity contribution is 0.317. The number of aryl methyl sites for hydroxylation is 1. The maximum absolute atomic E-state index is 6.16. The van der Waals surface area contributed by atoms with Crippen molar-refractivity contribution in [3.63, 3.8) is 0 Å². The van der Waals surface area contributed by atoms with E-state index in [1.165, 1.54) is 0 Å². The van der Waals surface area contributed by atoms with Crippen LogP contribution in [0.25, 0.3) is 11.0 Å². The predicted molar refractivity (Wildman–Crippen MR) is 72.3 cm³/mol. The first-order valence-electron chi connectivity index (χ1n) is 5.52. The van der Waals surface area contributed by atoms with E-state index in [1.54, 1.807) is 6.07 Å². The highest BCUT2D eigenvalue weighted by Crippen LogP contribution is 2.32. The molecule has 5 heteroatoms. The van der Waals surface area contributed by atoms with Crippen molar-refractivity contribution in [2.45, 2.75) is 19.8 Å². The van der Waals surface area contributed by atoms with Crippen LogP contribution in [0.5, 0.6) is 5.75 Å². The Kier molecular flexibility index (Phi) is 4.29. The van der Waals surface area contributed by atoms with Gasteiger partial charge in [0.25, 0.3) is 0 Å². The summed E-state index contributed by atoms with van der Waals surface area (Å²) in [5.41, 5.74) is 1.64. The number of alkyl halides is 1. The lowest BCUT2D eigenvalue weighted by Gasteiger charge is -2.06. The van der Waals surface area contributed by atoms with Gasteiger partial charge in [0.2, 0.25) is 0 Å². The first-order chi connectivity index (χ1) is 8.26. The number of nitrogens with zero attached hydrogens (tertiary/aromatic N) is 1. The van der Waals surface area contributed by atoms with Crippen LogP contribution in [-0.4, -0.2) is 17.1 Å². The maximum Gasteiger partial charge on any atom is 0.170 e. The van der Waals surface area contributed by atoms with Crippen LogP contribution in [-0.2, 0) is 6.42 Å². The van der Waals surface area contributed by atoms with E-state index in [4.69, 9.17) is 20.9 Å². The molecule has 92 valence electrons. The number of hydrogen-bond donors (Lipinski definition) is 0. The van der Waals surface area contributed by atoms with Crippen molar-refractivity contribution in [2.24, 2.45) is 0 Å². The Morgan fingerprint density at radius 3 is 3.00 bits per heavy atom. The van der Waals surface area contributed by atoms with E-state index in [9.17, 15) is 0 Å². The first-order valence-corrected chi connectivity index (χ1v) is 7.02. The smallest absolute Gasteiger partial charge is 0.170 e. The summed E-state index contributed by atoms with van der Waals surface area (Å²) in [5, 5.41) is 6.43. The average Bonchev–Trinajstić information content (AvgIpc) is 2.69. The van der Waals surface area contributed by atoms with Crippen molar-refractivity contribution in [3.05, 3.63) is 22.8 Å². The molecule has 1 aromatic carbocycles. The van der Waals surface area contributed by atoms with E-state index in [-0.39, 0.29) is 0 Å². The molecular formula is C12H13BrClNO2. The molecular weight excluding hydrogens is 305 g/mol. The summed E-state index contributed by atoms with van der Waals surface area (Å²) >= 11 is 9.55. The molecule has 3 nitrogen and oxygen atoms in total. The maximum atomic E-state index is 6.16. The Hall–Kier alpha value is -0.740. The second-order valence-corrected chi connectivity index (χ2v) is 4.90. The summed E-state index contributed by atoms with van der Waals surface area (Å²) in [4.78, 5) is 0. The molecule has 0 fully saturated rings. The van der Waals surface area contributed by atoms with E-state index < -0.39 is 0 Å². The van der Waals surface area contributed by atoms with Gasteiger partial charge in [-0.2, -0.15) is 0 Å². The lowest BCUT2D eigenvalue weighted by atomic mass is 10.2. The molecule has 17 heavy (non-hydrogen) atoms. The molecule has 0 spiro atoms. The van der Waals surface area contributed by atoms with Gasteiger partial charge in [0, 0.05) is 23.2 Å². The number of fused-ring (bicyclic) bond motifs is 1. The molecule has 0 atom stereocenters. The van der Waals surface area contributed by atoms with Crippen molar-refractivity contribution >= 4 is 38.5 Å². The van der Waals surface area contributed by atoms with Gasteiger partial charge in [0.15, 0.2) is 5.58 Å². The highest BCUT2D eigenvalue weighted by molar-refractivity contribution is 9.09. The summed E-state index contributed by atoms with van der Waals surface area (Å²) < 4.78 is 10.8. The second-order valence-electron chi connectivity index (χ2n) is 3.70. The third-order valence-corrected chi connectivity index (χ3v) is 3.08. The van der Waals surface area contributed by atoms with Crippen LogP contribution in [0.2, 0.25) is 5.02 Å². The molecule has 0 aliphatic heterocycles. The fourth-order valence-electron chi connectivity index (χ4n) is 1.58. The highest BCUT2D eigenvalue weighted by atomic mass is 79.9. The van der Waals surface area contributed by atoms with E-state index in [1.807, 2.05) is 6.07 Å². The Morgan fingerprint density at radius 1 is 1.47 bits per heavy atom. The third-order valence-electron chi connectivity index (χ3n) is 2.39. The molecule has 0 bridgehead atoms. The normalized spacial score (nSPS) is 11.0. The van der Waals surface area contributed by atoms with Gasteiger partial charge >= 0.3 is 0 Å². The molecule has 1 aromatic heterocycles. The Balaban J connectivity index is 2.37. The van der Waals surface area contributed by atoms with Gasteiger partial charge in [-0.25, -0.2) is 0 Å². The van der Waals surface area contributed by atoms with Crippen LogP contribution in [0, 0.1) is 0 Å². The van der Waals surface area contributed by atoms with Crippen LogP contribution in [0.3, 0.4) is 0 Å². The van der Waals surface area contributed by atoms with Gasteiger partial charge in [0.05, 0.1) is 17.3 Å². The summed E-state index contributed by atoms with van der Waals surface area (Å²) in [6, 6.07) is 3.66. The molecule has 2 aromatic rings. The third kappa shape index (κ3) is 2.75. The van der Waals surface area contributed by atoms with Gasteiger partial charge in [-0.05, 0) is 12.5 Å². The number of halogens is 2. The fourth-order valence-corrected chi connectivity index (χ4v) is 2.18. The monoisotopic (exact) mass is 317 g/mol. The molecule has 0 unspecified atom stereocenters. The van der Waals surface area contributed by atoms with E-state index in [2.05, 4.69) is 28.0 Å². The molecule has 0 amide bonds. The van der Waals surface area contributed by atoms with Crippen LogP contribution in [0.1, 0.15) is 19.0 Å². The van der Waals surface area contributed by atoms with Crippen molar-refractivity contribution in [3.8, 4) is 5.75 Å². The topological polar surface area (TPSA) is 35.3 Å². The standard InChI is InChI=1S/C12H13BrClNO2/c1-2-5-16-12-7-11-8(6-9(12)14)10(3-4-13)15-17-11/h6-7H,2-5H2,1H3. The van der Waals surface area contributed by atoms with Crippen molar-refractivity contribution in [1.29, 1.82) is 0 Å². The average molecular weight is 319 g/mol. The van der Waals surface area contributed by atoms with Gasteiger partial charge in [-0.3, -0.25) is 0 Å². The molecule has 0 saturated heterocycles. The zero-order valence-corrected chi connectivity index (χ0v) is 11.8. The fraction of sp³-hybridized carbons (Fsp3) is 0.417. The van der Waals surface area contributed by atoms with Crippen LogP contribution < -0.4 is 4.74 Å². The number of rotatable bonds is 5. The van der Waals surface area contributed by atoms with Gasteiger partial charge < -0.3 is 9.26 Å². The Bertz CT molecular complexity index is 512. The summed E-state index contributed by atoms with van der Waals surface area (Å²) in [6.07, 6.45) is 1.76. The quantitative estimate of drug-likeness (QED) is 0.775. The first kappa shape index (κ1) is 12.7. The molecule has 1 heterocycles. The summed E-state index contributed by atoms with van der Waals surface area (Å²) in [7, 11) is 0. The SMILES string of the molecule is CCCOc1cc2onc(CCBr)c2cc1Cl. The lowest BCUT2D eigenvalue weighted by Crippen LogP contribution is -1.95. The second kappa shape index (κ2) is 5.74. The van der Waals surface area contributed by atoms with Gasteiger partial charge in [-0.1, -0.05) is 39.6 Å². The number of ether oxygens (including phenoxy) is 1. The van der Waals surface area contributed by atoms with Crippen molar-refractivity contribution in [2.75, 3.05) is 11.9 Å². The minimum atomic E-state index is 0.602. The van der Waals surface area contributed by atoms with Crippen molar-refractivity contribution in [1.82, 2.24) is 5.16 Å². The molecule has 2 rings (SSSR count). The van der Waals surface area contributed by atoms with Crippen LogP contribution in [0.15, 0.2) is 16.7 Å². The molecule has 0 N–H and O–H groups in total. The summed E-state index contributed by atoms with van der Waals surface area (Å²) in [5.74, 6) is 0.655. The molecule has 0 saturated carbocycles. The van der Waals surface area contributed by atoms with E-state index in [0.29, 0.717) is 17.4 Å². The molecule has 0 aliphatic carbocycles. The number of hydrogen-bond acceptors (Lipinski definition) is 3.